The molecule has 2 fully saturated rings. The van der Waals surface area contributed by atoms with Crippen LogP contribution in [0.25, 0.3) is 11.3 Å². The molecule has 4 rings (SSSR count). The third-order valence-corrected chi connectivity index (χ3v) is 6.64. The molecular weight excluding hydrogens is 379 g/mol. The molecule has 146 valence electrons. The molecule has 2 N–H and O–H groups in total. The summed E-state index contributed by atoms with van der Waals surface area (Å²) >= 11 is 1.28. The molecule has 7 heteroatoms. The Morgan fingerprint density at radius 3 is 2.39 bits per heavy atom. The summed E-state index contributed by atoms with van der Waals surface area (Å²) in [5, 5.41) is 14.8. The molecule has 2 aromatic rings. The summed E-state index contributed by atoms with van der Waals surface area (Å²) < 4.78 is 13.1. The molecule has 2 saturated carbocycles. The van der Waals surface area contributed by atoms with Crippen LogP contribution in [0.4, 0.5) is 9.52 Å². The number of carboxylic acid groups (broad SMARTS) is 1. The number of carbonyl (C=O) groups is 2. The number of aliphatic carboxylic acids is 1. The lowest BCUT2D eigenvalue weighted by molar-refractivity contribution is -0.148. The molecule has 1 aromatic heterocycles. The van der Waals surface area contributed by atoms with E-state index in [1.54, 1.807) is 17.5 Å². The number of carboxylic acids is 1. The topological polar surface area (TPSA) is 79.3 Å². The minimum absolute atomic E-state index is 0.00682. The predicted molar refractivity (Wildman–Crippen MR) is 105 cm³/mol. The van der Waals surface area contributed by atoms with E-state index in [-0.39, 0.29) is 23.6 Å². The minimum Gasteiger partial charge on any atom is -0.481 e. The van der Waals surface area contributed by atoms with Gasteiger partial charge in [-0.2, -0.15) is 0 Å². The highest BCUT2D eigenvalue weighted by Gasteiger charge is 2.57. The molecule has 2 bridgehead atoms. The van der Waals surface area contributed by atoms with Crippen LogP contribution in [0, 0.1) is 29.5 Å². The second kappa shape index (κ2) is 7.13. The predicted octanol–water partition coefficient (Wildman–Crippen LogP) is 4.58. The van der Waals surface area contributed by atoms with Crippen LogP contribution in [-0.4, -0.2) is 22.0 Å². The number of rotatable bonds is 4. The Kier molecular flexibility index (Phi) is 4.79. The molecule has 0 saturated heterocycles. The first-order valence-corrected chi connectivity index (χ1v) is 10.2. The SMILES string of the molecule is CC(C)=C1[C@H]2CC[C@@H]1[C@@H](C(=O)O)[C@@H]2C(=O)Nc1nc(-c2ccc(F)cc2)cs1. The fourth-order valence-corrected chi connectivity index (χ4v) is 5.60. The van der Waals surface area contributed by atoms with Crippen molar-refractivity contribution in [3.8, 4) is 11.3 Å². The maximum atomic E-state index is 13.1. The molecule has 2 aliphatic carbocycles. The lowest BCUT2D eigenvalue weighted by Crippen LogP contribution is -2.37. The monoisotopic (exact) mass is 400 g/mol. The first-order valence-electron chi connectivity index (χ1n) is 9.29. The summed E-state index contributed by atoms with van der Waals surface area (Å²) in [7, 11) is 0. The van der Waals surface area contributed by atoms with Crippen LogP contribution < -0.4 is 5.32 Å². The van der Waals surface area contributed by atoms with Gasteiger partial charge in [0.2, 0.25) is 5.91 Å². The number of hydrogen-bond donors (Lipinski definition) is 2. The van der Waals surface area contributed by atoms with Gasteiger partial charge in [-0.15, -0.1) is 11.3 Å². The van der Waals surface area contributed by atoms with Crippen molar-refractivity contribution >= 4 is 28.3 Å². The van der Waals surface area contributed by atoms with Gasteiger partial charge < -0.3 is 10.4 Å². The molecule has 0 spiro atoms. The van der Waals surface area contributed by atoms with E-state index in [1.165, 1.54) is 23.5 Å². The molecule has 1 aromatic carbocycles. The molecule has 0 unspecified atom stereocenters. The van der Waals surface area contributed by atoms with Gasteiger partial charge in [0, 0.05) is 10.9 Å². The van der Waals surface area contributed by atoms with Crippen molar-refractivity contribution < 1.29 is 19.1 Å². The van der Waals surface area contributed by atoms with Crippen LogP contribution in [0.5, 0.6) is 0 Å². The number of benzene rings is 1. The van der Waals surface area contributed by atoms with Gasteiger partial charge in [0.25, 0.3) is 0 Å². The zero-order valence-electron chi connectivity index (χ0n) is 15.6. The normalized spacial score (nSPS) is 25.8. The van der Waals surface area contributed by atoms with Crippen LogP contribution >= 0.6 is 11.3 Å². The van der Waals surface area contributed by atoms with Crippen molar-refractivity contribution in [1.82, 2.24) is 4.98 Å². The van der Waals surface area contributed by atoms with E-state index in [9.17, 15) is 19.1 Å². The largest absolute Gasteiger partial charge is 0.481 e. The summed E-state index contributed by atoms with van der Waals surface area (Å²) in [6, 6.07) is 5.99. The highest BCUT2D eigenvalue weighted by molar-refractivity contribution is 7.14. The van der Waals surface area contributed by atoms with Crippen LogP contribution in [0.2, 0.25) is 0 Å². The molecule has 0 radical (unpaired) electrons. The van der Waals surface area contributed by atoms with Crippen LogP contribution in [0.1, 0.15) is 26.7 Å². The quantitative estimate of drug-likeness (QED) is 0.736. The number of fused-ring (bicyclic) bond motifs is 2. The zero-order valence-corrected chi connectivity index (χ0v) is 16.4. The van der Waals surface area contributed by atoms with E-state index in [0.29, 0.717) is 10.8 Å². The van der Waals surface area contributed by atoms with Gasteiger partial charge >= 0.3 is 5.97 Å². The first kappa shape index (κ1) is 18.8. The number of anilines is 1. The molecular formula is C21H21FN2O3S. The summed E-state index contributed by atoms with van der Waals surface area (Å²) in [5.41, 5.74) is 3.68. The lowest BCUT2D eigenvalue weighted by Gasteiger charge is -2.25. The summed E-state index contributed by atoms with van der Waals surface area (Å²) in [6.45, 7) is 3.99. The number of aromatic nitrogens is 1. The smallest absolute Gasteiger partial charge is 0.307 e. The average Bonchev–Trinajstić information content (AvgIpc) is 3.35. The molecule has 1 heterocycles. The van der Waals surface area contributed by atoms with Gasteiger partial charge in [-0.1, -0.05) is 11.1 Å². The Labute approximate surface area is 166 Å². The number of thiazole rings is 1. The minimum atomic E-state index is -0.905. The van der Waals surface area contributed by atoms with E-state index < -0.39 is 17.8 Å². The second-order valence-corrected chi connectivity index (χ2v) is 8.53. The third-order valence-electron chi connectivity index (χ3n) is 5.88. The number of nitrogens with zero attached hydrogens (tertiary/aromatic N) is 1. The van der Waals surface area contributed by atoms with E-state index in [0.717, 1.165) is 29.6 Å². The average molecular weight is 400 g/mol. The van der Waals surface area contributed by atoms with E-state index in [1.807, 2.05) is 13.8 Å². The van der Waals surface area contributed by atoms with Crippen molar-refractivity contribution in [2.24, 2.45) is 23.7 Å². The molecule has 5 nitrogen and oxygen atoms in total. The van der Waals surface area contributed by atoms with Gasteiger partial charge in [-0.25, -0.2) is 9.37 Å². The fourth-order valence-electron chi connectivity index (χ4n) is 4.88. The van der Waals surface area contributed by atoms with Gasteiger partial charge in [-0.05, 0) is 62.8 Å². The molecule has 2 aliphatic rings. The highest BCUT2D eigenvalue weighted by atomic mass is 32.1. The van der Waals surface area contributed by atoms with Gasteiger partial charge in [0.05, 0.1) is 17.5 Å². The van der Waals surface area contributed by atoms with Crippen LogP contribution in [0.15, 0.2) is 40.8 Å². The number of amides is 1. The maximum absolute atomic E-state index is 13.1. The summed E-state index contributed by atoms with van der Waals surface area (Å²) in [5.74, 6) is -2.81. The van der Waals surface area contributed by atoms with Gasteiger partial charge in [0.1, 0.15) is 5.82 Å². The Bertz CT molecular complexity index is 962. The second-order valence-electron chi connectivity index (χ2n) is 7.67. The summed E-state index contributed by atoms with van der Waals surface area (Å²) in [6.07, 6.45) is 1.68. The first-order chi connectivity index (χ1) is 13.4. The summed E-state index contributed by atoms with van der Waals surface area (Å²) in [4.78, 5) is 29.3. The van der Waals surface area contributed by atoms with Gasteiger partial charge in [-0.3, -0.25) is 9.59 Å². The Morgan fingerprint density at radius 2 is 1.79 bits per heavy atom. The van der Waals surface area contributed by atoms with Gasteiger partial charge in [0.15, 0.2) is 5.13 Å². The zero-order chi connectivity index (χ0) is 20.0. The Hall–Kier alpha value is -2.54. The van der Waals surface area contributed by atoms with Crippen molar-refractivity contribution in [3.05, 3.63) is 46.6 Å². The molecule has 4 atom stereocenters. The molecule has 0 aliphatic heterocycles. The van der Waals surface area contributed by atoms with Crippen molar-refractivity contribution in [2.45, 2.75) is 26.7 Å². The fraction of sp³-hybridized carbons (Fsp3) is 0.381. The standard InChI is InChI=1S/C21H21FN2O3S/c1-10(2)16-13-7-8-14(16)18(20(26)27)17(13)19(25)24-21-23-15(9-28-21)11-3-5-12(22)6-4-11/h3-6,9,13-14,17-18H,7-8H2,1-2H3,(H,26,27)(H,23,24,25)/t13-,14+,17-,18-/m1/s1. The highest BCUT2D eigenvalue weighted by Crippen LogP contribution is 2.57. The number of halogens is 1. The molecule has 28 heavy (non-hydrogen) atoms. The van der Waals surface area contributed by atoms with Crippen LogP contribution in [-0.2, 0) is 9.59 Å². The number of allylic oxidation sites excluding steroid dienone is 2. The van der Waals surface area contributed by atoms with E-state index in [4.69, 9.17) is 0 Å². The number of carbonyl (C=O) groups excluding carboxylic acids is 1. The lowest BCUT2D eigenvalue weighted by atomic mass is 9.79. The van der Waals surface area contributed by atoms with Crippen LogP contribution in [0.3, 0.4) is 0 Å². The Morgan fingerprint density at radius 1 is 1.14 bits per heavy atom. The maximum Gasteiger partial charge on any atom is 0.307 e. The Balaban J connectivity index is 1.56. The van der Waals surface area contributed by atoms with E-state index >= 15 is 0 Å². The number of nitrogens with one attached hydrogen (secondary N) is 1. The van der Waals surface area contributed by atoms with Crippen molar-refractivity contribution in [3.63, 3.8) is 0 Å². The van der Waals surface area contributed by atoms with Crippen molar-refractivity contribution in [2.75, 3.05) is 5.32 Å². The number of hydrogen-bond acceptors (Lipinski definition) is 4. The van der Waals surface area contributed by atoms with E-state index in [2.05, 4.69) is 10.3 Å². The molecule has 1 amide bonds. The van der Waals surface area contributed by atoms with Crippen molar-refractivity contribution in [1.29, 1.82) is 0 Å². The third kappa shape index (κ3) is 3.13.